The van der Waals surface area contributed by atoms with Gasteiger partial charge in [-0.3, -0.25) is 0 Å². The molecule has 0 saturated heterocycles. The molecular weight excluding hydrogens is 252 g/mol. The van der Waals surface area contributed by atoms with Crippen LogP contribution in [-0.2, 0) is 0 Å². The van der Waals surface area contributed by atoms with Crippen molar-refractivity contribution in [3.05, 3.63) is 84.4 Å². The summed E-state index contributed by atoms with van der Waals surface area (Å²) in [6.45, 7) is 10.1. The van der Waals surface area contributed by atoms with Crippen LogP contribution in [0.25, 0.3) is 10.8 Å². The molecule has 0 unspecified atom stereocenters. The van der Waals surface area contributed by atoms with Gasteiger partial charge in [-0.2, -0.15) is 0 Å². The van der Waals surface area contributed by atoms with Gasteiger partial charge >= 0.3 is 0 Å². The Morgan fingerprint density at radius 2 is 0.905 bits per heavy atom. The lowest BCUT2D eigenvalue weighted by Crippen LogP contribution is -1.73. The third kappa shape index (κ3) is 7.94. The van der Waals surface area contributed by atoms with Crippen LogP contribution in [0.4, 0.5) is 0 Å². The maximum Gasteiger partial charge on any atom is -0.0181 e. The van der Waals surface area contributed by atoms with Gasteiger partial charge in [-0.05, 0) is 17.7 Å². The van der Waals surface area contributed by atoms with Crippen molar-refractivity contribution in [1.29, 1.82) is 0 Å². The minimum absolute atomic E-state index is 1.32. The van der Waals surface area contributed by atoms with Crippen LogP contribution in [0.5, 0.6) is 0 Å². The summed E-state index contributed by atoms with van der Waals surface area (Å²) in [5.74, 6) is 0. The lowest BCUT2D eigenvalue weighted by Gasteiger charge is -1.96. The first-order chi connectivity index (χ1) is 10.4. The zero-order valence-electron chi connectivity index (χ0n) is 14.0. The smallest absolute Gasteiger partial charge is 0.0181 e. The Morgan fingerprint density at radius 3 is 1.38 bits per heavy atom. The first kappa shape index (κ1) is 18.9. The third-order valence-electron chi connectivity index (χ3n) is 2.57. The van der Waals surface area contributed by atoms with Crippen LogP contribution >= 0.6 is 0 Å². The fourth-order valence-corrected chi connectivity index (χ4v) is 1.69. The lowest BCUT2D eigenvalue weighted by molar-refractivity contribution is 1.50. The van der Waals surface area contributed by atoms with E-state index in [9.17, 15) is 0 Å². The van der Waals surface area contributed by atoms with Crippen molar-refractivity contribution in [2.75, 3.05) is 0 Å². The van der Waals surface area contributed by atoms with Crippen LogP contribution in [0.1, 0.15) is 33.3 Å². The molecule has 0 aliphatic heterocycles. The molecule has 3 aromatic rings. The van der Waals surface area contributed by atoms with E-state index in [4.69, 9.17) is 0 Å². The summed E-state index contributed by atoms with van der Waals surface area (Å²) in [5.41, 5.74) is 1.32. The number of rotatable bonds is 0. The highest BCUT2D eigenvalue weighted by atomic mass is 13.9. The molecule has 0 radical (unpaired) electrons. The molecule has 0 heterocycles. The standard InChI is InChI=1S/C11H10.C6H6.2C2H6/c1-9-6-7-10-4-2-3-5-11(10)8-9;1-2-4-6-5-3-1;2*1-2/h2-8H,1H3;1-6H;2*1-2H3. The van der Waals surface area contributed by atoms with Gasteiger partial charge in [-0.1, -0.05) is 112 Å². The number of hydrogen-bond donors (Lipinski definition) is 0. The van der Waals surface area contributed by atoms with Gasteiger partial charge in [0.15, 0.2) is 0 Å². The van der Waals surface area contributed by atoms with Crippen molar-refractivity contribution >= 4 is 10.8 Å². The van der Waals surface area contributed by atoms with E-state index < -0.39 is 0 Å². The van der Waals surface area contributed by atoms with Crippen LogP contribution in [0.2, 0.25) is 0 Å². The molecule has 0 fully saturated rings. The molecule has 0 N–H and O–H groups in total. The second-order valence-corrected chi connectivity index (χ2v) is 4.01. The monoisotopic (exact) mass is 280 g/mol. The van der Waals surface area contributed by atoms with Gasteiger partial charge in [0.1, 0.15) is 0 Å². The molecule has 0 bridgehead atoms. The largest absolute Gasteiger partial charge is 0.0683 e. The third-order valence-corrected chi connectivity index (χ3v) is 2.57. The highest BCUT2D eigenvalue weighted by Gasteiger charge is 1.89. The van der Waals surface area contributed by atoms with Crippen LogP contribution in [0, 0.1) is 6.92 Å². The van der Waals surface area contributed by atoms with Crippen molar-refractivity contribution in [2.24, 2.45) is 0 Å². The molecule has 21 heavy (non-hydrogen) atoms. The fourth-order valence-electron chi connectivity index (χ4n) is 1.69. The van der Waals surface area contributed by atoms with Crippen molar-refractivity contribution in [3.8, 4) is 0 Å². The SMILES string of the molecule is CC.CC.Cc1ccc2ccccc2c1.c1ccccc1. The molecule has 3 aromatic carbocycles. The second-order valence-electron chi connectivity index (χ2n) is 4.01. The molecule has 112 valence electrons. The van der Waals surface area contributed by atoms with Gasteiger partial charge in [0.2, 0.25) is 0 Å². The van der Waals surface area contributed by atoms with Gasteiger partial charge in [0.25, 0.3) is 0 Å². The predicted molar refractivity (Wildman–Crippen MR) is 97.8 cm³/mol. The van der Waals surface area contributed by atoms with Gasteiger partial charge in [-0.25, -0.2) is 0 Å². The molecule has 0 saturated carbocycles. The minimum Gasteiger partial charge on any atom is -0.0683 e. The Balaban J connectivity index is 0.000000341. The highest BCUT2D eigenvalue weighted by molar-refractivity contribution is 5.82. The summed E-state index contributed by atoms with van der Waals surface area (Å²) >= 11 is 0. The number of hydrogen-bond acceptors (Lipinski definition) is 0. The topological polar surface area (TPSA) is 0 Å². The first-order valence-corrected chi connectivity index (χ1v) is 7.82. The molecule has 0 atom stereocenters. The minimum atomic E-state index is 1.32. The summed E-state index contributed by atoms with van der Waals surface area (Å²) < 4.78 is 0. The normalized spacial score (nSPS) is 8.24. The number of fused-ring (bicyclic) bond motifs is 1. The second kappa shape index (κ2) is 12.9. The highest BCUT2D eigenvalue weighted by Crippen LogP contribution is 2.14. The lowest BCUT2D eigenvalue weighted by atomic mass is 10.1. The Bertz CT molecular complexity index is 541. The van der Waals surface area contributed by atoms with E-state index in [0.717, 1.165) is 0 Å². The van der Waals surface area contributed by atoms with Gasteiger partial charge < -0.3 is 0 Å². The molecule has 0 aliphatic carbocycles. The van der Waals surface area contributed by atoms with E-state index in [1.807, 2.05) is 64.1 Å². The predicted octanol–water partition coefficient (Wildman–Crippen LogP) is 6.89. The van der Waals surface area contributed by atoms with Gasteiger partial charge in [0, 0.05) is 0 Å². The Labute approximate surface area is 130 Å². The van der Waals surface area contributed by atoms with Crippen LogP contribution < -0.4 is 0 Å². The maximum absolute atomic E-state index is 2.20. The van der Waals surface area contributed by atoms with Crippen LogP contribution in [-0.4, -0.2) is 0 Å². The Morgan fingerprint density at radius 1 is 0.476 bits per heavy atom. The quantitative estimate of drug-likeness (QED) is 0.420. The van der Waals surface area contributed by atoms with Gasteiger partial charge in [0.05, 0.1) is 0 Å². The van der Waals surface area contributed by atoms with E-state index in [2.05, 4.69) is 49.4 Å². The van der Waals surface area contributed by atoms with Crippen molar-refractivity contribution in [3.63, 3.8) is 0 Å². The van der Waals surface area contributed by atoms with Crippen LogP contribution in [0.3, 0.4) is 0 Å². The van der Waals surface area contributed by atoms with Gasteiger partial charge in [-0.15, -0.1) is 0 Å². The van der Waals surface area contributed by atoms with E-state index in [0.29, 0.717) is 0 Å². The number of aryl methyl sites for hydroxylation is 1. The average molecular weight is 280 g/mol. The van der Waals surface area contributed by atoms with E-state index in [1.165, 1.54) is 16.3 Å². The molecule has 0 nitrogen and oxygen atoms in total. The van der Waals surface area contributed by atoms with Crippen molar-refractivity contribution in [1.82, 2.24) is 0 Å². The van der Waals surface area contributed by atoms with E-state index >= 15 is 0 Å². The average Bonchev–Trinajstić information content (AvgIpc) is 2.60. The number of benzene rings is 3. The Hall–Kier alpha value is -2.08. The molecule has 0 aliphatic rings. The molecule has 0 amide bonds. The fraction of sp³-hybridized carbons (Fsp3) is 0.238. The molecule has 0 heteroatoms. The van der Waals surface area contributed by atoms with Crippen molar-refractivity contribution < 1.29 is 0 Å². The summed E-state index contributed by atoms with van der Waals surface area (Å²) in [7, 11) is 0. The zero-order chi connectivity index (χ0) is 15.9. The summed E-state index contributed by atoms with van der Waals surface area (Å²) in [5, 5.41) is 2.64. The van der Waals surface area contributed by atoms with Crippen molar-refractivity contribution in [2.45, 2.75) is 34.6 Å². The summed E-state index contributed by atoms with van der Waals surface area (Å²) in [6, 6.07) is 26.9. The first-order valence-electron chi connectivity index (χ1n) is 7.82. The summed E-state index contributed by atoms with van der Waals surface area (Å²) in [6.07, 6.45) is 0. The van der Waals surface area contributed by atoms with E-state index in [-0.39, 0.29) is 0 Å². The van der Waals surface area contributed by atoms with E-state index in [1.54, 1.807) is 0 Å². The molecule has 0 spiro atoms. The molecule has 0 aromatic heterocycles. The Kier molecular flexibility index (Phi) is 11.6. The summed E-state index contributed by atoms with van der Waals surface area (Å²) in [4.78, 5) is 0. The zero-order valence-corrected chi connectivity index (χ0v) is 14.0. The molecular formula is C21H28. The maximum atomic E-state index is 2.20. The van der Waals surface area contributed by atoms with Crippen LogP contribution in [0.15, 0.2) is 78.9 Å². The molecule has 3 rings (SSSR count).